The molecule has 0 spiro atoms. The lowest BCUT2D eigenvalue weighted by molar-refractivity contribution is 0.477. The molecule has 2 aromatic carbocycles. The maximum Gasteiger partial charge on any atom is 0.164 e. The molecule has 0 atom stereocenters. The van der Waals surface area contributed by atoms with Crippen LogP contribution >= 0.6 is 0 Å². The SMILES string of the molecule is Oc1ccccc1-c1ncnc2c1ncn2Cc1ccccc1. The van der Waals surface area contributed by atoms with E-state index in [9.17, 15) is 5.11 Å². The summed E-state index contributed by atoms with van der Waals surface area (Å²) in [5.74, 6) is 0.185. The van der Waals surface area contributed by atoms with E-state index in [4.69, 9.17) is 0 Å². The zero-order valence-electron chi connectivity index (χ0n) is 12.3. The van der Waals surface area contributed by atoms with Crippen LogP contribution in [0.15, 0.2) is 67.3 Å². The van der Waals surface area contributed by atoms with Crippen LogP contribution in [0.2, 0.25) is 0 Å². The Labute approximate surface area is 132 Å². The van der Waals surface area contributed by atoms with Crippen molar-refractivity contribution >= 4 is 11.2 Å². The zero-order chi connectivity index (χ0) is 15.6. The molecule has 0 radical (unpaired) electrons. The summed E-state index contributed by atoms with van der Waals surface area (Å²) >= 11 is 0. The highest BCUT2D eigenvalue weighted by Gasteiger charge is 2.14. The van der Waals surface area contributed by atoms with Gasteiger partial charge in [0.05, 0.1) is 12.9 Å². The van der Waals surface area contributed by atoms with Crippen LogP contribution in [-0.4, -0.2) is 24.6 Å². The van der Waals surface area contributed by atoms with E-state index in [2.05, 4.69) is 27.1 Å². The van der Waals surface area contributed by atoms with E-state index >= 15 is 0 Å². The topological polar surface area (TPSA) is 63.8 Å². The second-order valence-electron chi connectivity index (χ2n) is 5.27. The van der Waals surface area contributed by atoms with Crippen molar-refractivity contribution in [2.75, 3.05) is 0 Å². The first kappa shape index (κ1) is 13.5. The predicted molar refractivity (Wildman–Crippen MR) is 88.0 cm³/mol. The maximum absolute atomic E-state index is 10.1. The molecule has 0 unspecified atom stereocenters. The van der Waals surface area contributed by atoms with Gasteiger partial charge in [-0.1, -0.05) is 42.5 Å². The first-order valence-corrected chi connectivity index (χ1v) is 7.31. The van der Waals surface area contributed by atoms with Crippen LogP contribution in [0, 0.1) is 0 Å². The summed E-state index contributed by atoms with van der Waals surface area (Å²) in [6, 6.07) is 17.3. The van der Waals surface area contributed by atoms with Crippen LogP contribution in [0.1, 0.15) is 5.56 Å². The highest BCUT2D eigenvalue weighted by atomic mass is 16.3. The van der Waals surface area contributed by atoms with E-state index < -0.39 is 0 Å². The second-order valence-corrected chi connectivity index (χ2v) is 5.27. The second kappa shape index (κ2) is 5.53. The molecule has 0 fully saturated rings. The number of aromatic hydroxyl groups is 1. The van der Waals surface area contributed by atoms with Crippen molar-refractivity contribution < 1.29 is 5.11 Å². The Morgan fingerprint density at radius 1 is 0.870 bits per heavy atom. The van der Waals surface area contributed by atoms with Gasteiger partial charge in [-0.05, 0) is 17.7 Å². The summed E-state index contributed by atoms with van der Waals surface area (Å²) in [5.41, 5.74) is 3.91. The highest BCUT2D eigenvalue weighted by molar-refractivity contribution is 5.88. The minimum atomic E-state index is 0.185. The minimum Gasteiger partial charge on any atom is -0.507 e. The Morgan fingerprint density at radius 2 is 1.65 bits per heavy atom. The molecule has 5 nitrogen and oxygen atoms in total. The largest absolute Gasteiger partial charge is 0.507 e. The number of aromatic nitrogens is 4. The lowest BCUT2D eigenvalue weighted by Crippen LogP contribution is -1.99. The Hall–Kier alpha value is -3.21. The summed E-state index contributed by atoms with van der Waals surface area (Å²) in [5, 5.41) is 10.1. The third-order valence-corrected chi connectivity index (χ3v) is 3.76. The van der Waals surface area contributed by atoms with Crippen molar-refractivity contribution in [3.63, 3.8) is 0 Å². The van der Waals surface area contributed by atoms with Gasteiger partial charge in [-0.2, -0.15) is 0 Å². The Morgan fingerprint density at radius 3 is 2.48 bits per heavy atom. The average Bonchev–Trinajstić information content (AvgIpc) is 3.00. The van der Waals surface area contributed by atoms with Crippen LogP contribution in [0.4, 0.5) is 0 Å². The van der Waals surface area contributed by atoms with Crippen molar-refractivity contribution in [3.8, 4) is 17.0 Å². The first-order chi connectivity index (χ1) is 11.3. The molecule has 4 rings (SSSR count). The lowest BCUT2D eigenvalue weighted by atomic mass is 10.1. The van der Waals surface area contributed by atoms with Crippen LogP contribution in [0.25, 0.3) is 22.4 Å². The molecule has 1 N–H and O–H groups in total. The van der Waals surface area contributed by atoms with Gasteiger partial charge < -0.3 is 9.67 Å². The minimum absolute atomic E-state index is 0.185. The number of nitrogens with zero attached hydrogens (tertiary/aromatic N) is 4. The van der Waals surface area contributed by atoms with Crippen molar-refractivity contribution in [1.82, 2.24) is 19.5 Å². The van der Waals surface area contributed by atoms with Gasteiger partial charge in [-0.25, -0.2) is 15.0 Å². The van der Waals surface area contributed by atoms with Gasteiger partial charge in [-0.15, -0.1) is 0 Å². The lowest BCUT2D eigenvalue weighted by Gasteiger charge is -2.06. The van der Waals surface area contributed by atoms with Gasteiger partial charge in [0.1, 0.15) is 23.3 Å². The predicted octanol–water partition coefficient (Wildman–Crippen LogP) is 3.25. The fourth-order valence-corrected chi connectivity index (χ4v) is 2.65. The van der Waals surface area contributed by atoms with E-state index in [0.717, 1.165) is 5.65 Å². The van der Waals surface area contributed by atoms with Crippen molar-refractivity contribution in [2.24, 2.45) is 0 Å². The fourth-order valence-electron chi connectivity index (χ4n) is 2.65. The maximum atomic E-state index is 10.1. The van der Waals surface area contributed by atoms with Crippen molar-refractivity contribution in [1.29, 1.82) is 0 Å². The molecule has 0 aliphatic carbocycles. The van der Waals surface area contributed by atoms with Crippen molar-refractivity contribution in [3.05, 3.63) is 72.8 Å². The molecule has 0 saturated heterocycles. The van der Waals surface area contributed by atoms with Gasteiger partial charge in [0.15, 0.2) is 5.65 Å². The van der Waals surface area contributed by atoms with Crippen molar-refractivity contribution in [2.45, 2.75) is 6.54 Å². The summed E-state index contributed by atoms with van der Waals surface area (Å²) in [6.45, 7) is 0.689. The van der Waals surface area contributed by atoms with E-state index in [1.165, 1.54) is 11.9 Å². The third-order valence-electron chi connectivity index (χ3n) is 3.76. The quantitative estimate of drug-likeness (QED) is 0.631. The number of hydrogen-bond acceptors (Lipinski definition) is 4. The fraction of sp³-hybridized carbons (Fsp3) is 0.0556. The number of hydrogen-bond donors (Lipinski definition) is 1. The number of benzene rings is 2. The third kappa shape index (κ3) is 2.42. The van der Waals surface area contributed by atoms with E-state index in [-0.39, 0.29) is 5.75 Å². The molecule has 2 aromatic heterocycles. The molecule has 0 amide bonds. The molecular formula is C18H14N4O. The van der Waals surface area contributed by atoms with Gasteiger partial charge in [0, 0.05) is 5.56 Å². The number of rotatable bonds is 3. The highest BCUT2D eigenvalue weighted by Crippen LogP contribution is 2.31. The van der Waals surface area contributed by atoms with E-state index in [0.29, 0.717) is 23.3 Å². The number of fused-ring (bicyclic) bond motifs is 1. The molecule has 2 heterocycles. The zero-order valence-corrected chi connectivity index (χ0v) is 12.3. The Kier molecular flexibility index (Phi) is 3.24. The Balaban J connectivity index is 1.83. The summed E-state index contributed by atoms with van der Waals surface area (Å²) in [4.78, 5) is 13.1. The number of para-hydroxylation sites is 1. The van der Waals surface area contributed by atoms with Crippen LogP contribution < -0.4 is 0 Å². The molecular weight excluding hydrogens is 288 g/mol. The monoisotopic (exact) mass is 302 g/mol. The molecule has 0 aliphatic heterocycles. The summed E-state index contributed by atoms with van der Waals surface area (Å²) in [6.07, 6.45) is 3.27. The summed E-state index contributed by atoms with van der Waals surface area (Å²) in [7, 11) is 0. The van der Waals surface area contributed by atoms with E-state index in [1.54, 1.807) is 18.5 Å². The molecule has 4 aromatic rings. The number of phenols is 1. The summed E-state index contributed by atoms with van der Waals surface area (Å²) < 4.78 is 1.98. The van der Waals surface area contributed by atoms with E-state index in [1.807, 2.05) is 34.9 Å². The molecule has 112 valence electrons. The molecule has 0 aliphatic rings. The van der Waals surface area contributed by atoms with Gasteiger partial charge >= 0.3 is 0 Å². The Bertz CT molecular complexity index is 963. The normalized spacial score (nSPS) is 11.0. The van der Waals surface area contributed by atoms with Crippen LogP contribution in [0.5, 0.6) is 5.75 Å². The van der Waals surface area contributed by atoms with Gasteiger partial charge in [0.2, 0.25) is 0 Å². The molecule has 0 saturated carbocycles. The molecule has 0 bridgehead atoms. The van der Waals surface area contributed by atoms with Gasteiger partial charge in [0.25, 0.3) is 0 Å². The smallest absolute Gasteiger partial charge is 0.164 e. The van der Waals surface area contributed by atoms with Gasteiger partial charge in [-0.3, -0.25) is 0 Å². The van der Waals surface area contributed by atoms with Crippen LogP contribution in [-0.2, 0) is 6.54 Å². The number of imidazole rings is 1. The number of phenolic OH excluding ortho intramolecular Hbond substituents is 1. The average molecular weight is 302 g/mol. The van der Waals surface area contributed by atoms with Crippen LogP contribution in [0.3, 0.4) is 0 Å². The first-order valence-electron chi connectivity index (χ1n) is 7.31. The standard InChI is InChI=1S/C18H14N4O/c23-15-9-5-4-8-14(15)16-17-18(20-11-19-16)22(12-21-17)10-13-6-2-1-3-7-13/h1-9,11-12,23H,10H2. The molecule has 5 heteroatoms. The molecule has 23 heavy (non-hydrogen) atoms.